The van der Waals surface area contributed by atoms with Gasteiger partial charge in [0.1, 0.15) is 6.54 Å². The van der Waals surface area contributed by atoms with Crippen molar-refractivity contribution >= 4 is 0 Å². The van der Waals surface area contributed by atoms with E-state index < -0.39 is 0 Å². The first kappa shape index (κ1) is 11.6. The molecule has 0 saturated heterocycles. The SMILES string of the molecule is OC[C@H]1CCCCC1[NH2+]Cc1ccccc1. The number of aliphatic hydroxyl groups excluding tert-OH is 1. The van der Waals surface area contributed by atoms with E-state index in [1.807, 2.05) is 0 Å². The van der Waals surface area contributed by atoms with E-state index >= 15 is 0 Å². The van der Waals surface area contributed by atoms with E-state index in [-0.39, 0.29) is 0 Å². The fourth-order valence-electron chi connectivity index (χ4n) is 2.67. The zero-order valence-electron chi connectivity index (χ0n) is 9.81. The predicted molar refractivity (Wildman–Crippen MR) is 64.9 cm³/mol. The van der Waals surface area contributed by atoms with Gasteiger partial charge in [-0.05, 0) is 19.3 Å². The summed E-state index contributed by atoms with van der Waals surface area (Å²) in [6, 6.07) is 11.2. The molecule has 1 aromatic carbocycles. The summed E-state index contributed by atoms with van der Waals surface area (Å²) in [7, 11) is 0. The molecule has 16 heavy (non-hydrogen) atoms. The van der Waals surface area contributed by atoms with Crippen molar-refractivity contribution < 1.29 is 10.4 Å². The van der Waals surface area contributed by atoms with Crippen LogP contribution in [-0.2, 0) is 6.54 Å². The summed E-state index contributed by atoms with van der Waals surface area (Å²) in [6.45, 7) is 1.40. The molecule has 1 saturated carbocycles. The molecule has 1 aliphatic carbocycles. The van der Waals surface area contributed by atoms with Gasteiger partial charge >= 0.3 is 0 Å². The molecule has 2 rings (SSSR count). The number of hydrogen-bond donors (Lipinski definition) is 2. The summed E-state index contributed by atoms with van der Waals surface area (Å²) in [5.74, 6) is 0.512. The summed E-state index contributed by atoms with van der Waals surface area (Å²) < 4.78 is 0. The van der Waals surface area contributed by atoms with Crippen LogP contribution in [0.1, 0.15) is 31.2 Å². The maximum Gasteiger partial charge on any atom is 0.101 e. The lowest BCUT2D eigenvalue weighted by atomic mass is 9.85. The second-order valence-electron chi connectivity index (χ2n) is 4.82. The summed E-state index contributed by atoms with van der Waals surface area (Å²) in [5.41, 5.74) is 1.38. The van der Waals surface area contributed by atoms with E-state index in [0.717, 1.165) is 6.54 Å². The van der Waals surface area contributed by atoms with Crippen LogP contribution in [0.25, 0.3) is 0 Å². The highest BCUT2D eigenvalue weighted by molar-refractivity contribution is 5.13. The standard InChI is InChI=1S/C14H21NO/c16-11-13-8-4-5-9-14(13)15-10-12-6-2-1-3-7-12/h1-3,6-7,13-16H,4-5,8-11H2/p+1/t13-,14?/m1/s1. The van der Waals surface area contributed by atoms with E-state index in [9.17, 15) is 5.11 Å². The molecule has 0 heterocycles. The van der Waals surface area contributed by atoms with Crippen molar-refractivity contribution in [3.05, 3.63) is 35.9 Å². The molecule has 0 aliphatic heterocycles. The zero-order chi connectivity index (χ0) is 11.2. The molecule has 2 nitrogen and oxygen atoms in total. The molecular formula is C14H22NO+. The van der Waals surface area contributed by atoms with Crippen LogP contribution in [0.3, 0.4) is 0 Å². The monoisotopic (exact) mass is 220 g/mol. The van der Waals surface area contributed by atoms with Gasteiger partial charge in [-0.1, -0.05) is 36.8 Å². The molecule has 0 radical (unpaired) electrons. The largest absolute Gasteiger partial charge is 0.396 e. The second kappa shape index (κ2) is 6.02. The number of quaternary nitrogens is 1. The van der Waals surface area contributed by atoms with Gasteiger partial charge in [0.25, 0.3) is 0 Å². The number of rotatable bonds is 4. The van der Waals surface area contributed by atoms with Crippen LogP contribution < -0.4 is 5.32 Å². The van der Waals surface area contributed by atoms with Crippen molar-refractivity contribution in [2.75, 3.05) is 6.61 Å². The van der Waals surface area contributed by atoms with Gasteiger partial charge in [0.05, 0.1) is 12.6 Å². The molecule has 88 valence electrons. The smallest absolute Gasteiger partial charge is 0.101 e. The van der Waals surface area contributed by atoms with Gasteiger partial charge < -0.3 is 10.4 Å². The third-order valence-electron chi connectivity index (χ3n) is 3.70. The van der Waals surface area contributed by atoms with Crippen LogP contribution in [-0.4, -0.2) is 17.8 Å². The molecule has 3 N–H and O–H groups in total. The Morgan fingerprint density at radius 1 is 1.12 bits per heavy atom. The Labute approximate surface area is 97.7 Å². The van der Waals surface area contributed by atoms with Gasteiger partial charge in [-0.2, -0.15) is 0 Å². The van der Waals surface area contributed by atoms with Crippen molar-refractivity contribution in [2.24, 2.45) is 5.92 Å². The highest BCUT2D eigenvalue weighted by atomic mass is 16.3. The molecule has 2 atom stereocenters. The fraction of sp³-hybridized carbons (Fsp3) is 0.571. The maximum atomic E-state index is 9.34. The molecule has 0 aromatic heterocycles. The van der Waals surface area contributed by atoms with Crippen molar-refractivity contribution in [1.29, 1.82) is 0 Å². The molecule has 0 bridgehead atoms. The summed E-state index contributed by atoms with van der Waals surface area (Å²) >= 11 is 0. The van der Waals surface area contributed by atoms with Crippen LogP contribution in [0.4, 0.5) is 0 Å². The highest BCUT2D eigenvalue weighted by Gasteiger charge is 2.26. The Hall–Kier alpha value is -0.860. The number of nitrogens with two attached hydrogens (primary N) is 1. The van der Waals surface area contributed by atoms with Crippen LogP contribution in [0.15, 0.2) is 30.3 Å². The number of benzene rings is 1. The predicted octanol–water partition coefficient (Wildman–Crippen LogP) is 1.30. The fourth-order valence-corrected chi connectivity index (χ4v) is 2.67. The minimum absolute atomic E-state index is 0.357. The van der Waals surface area contributed by atoms with Crippen LogP contribution in [0, 0.1) is 5.92 Å². The third kappa shape index (κ3) is 3.06. The van der Waals surface area contributed by atoms with Crippen molar-refractivity contribution in [3.8, 4) is 0 Å². The van der Waals surface area contributed by atoms with Crippen LogP contribution >= 0.6 is 0 Å². The molecule has 2 heteroatoms. The van der Waals surface area contributed by atoms with Crippen LogP contribution in [0.2, 0.25) is 0 Å². The maximum absolute atomic E-state index is 9.34. The minimum Gasteiger partial charge on any atom is -0.396 e. The first-order valence-electron chi connectivity index (χ1n) is 6.38. The van der Waals surface area contributed by atoms with E-state index in [1.165, 1.54) is 31.2 Å². The van der Waals surface area contributed by atoms with Gasteiger partial charge in [-0.15, -0.1) is 0 Å². The lowest BCUT2D eigenvalue weighted by Gasteiger charge is -2.28. The summed E-state index contributed by atoms with van der Waals surface area (Å²) in [4.78, 5) is 0. The Morgan fingerprint density at radius 3 is 2.62 bits per heavy atom. The van der Waals surface area contributed by atoms with Gasteiger partial charge in [0, 0.05) is 11.5 Å². The van der Waals surface area contributed by atoms with E-state index in [1.54, 1.807) is 0 Å². The van der Waals surface area contributed by atoms with E-state index in [0.29, 0.717) is 18.6 Å². The van der Waals surface area contributed by atoms with E-state index in [4.69, 9.17) is 0 Å². The minimum atomic E-state index is 0.357. The molecule has 1 unspecified atom stereocenters. The van der Waals surface area contributed by atoms with Gasteiger partial charge in [0.2, 0.25) is 0 Å². The van der Waals surface area contributed by atoms with Crippen molar-refractivity contribution in [2.45, 2.75) is 38.3 Å². The topological polar surface area (TPSA) is 36.8 Å². The quantitative estimate of drug-likeness (QED) is 0.788. The molecule has 1 aromatic rings. The summed E-state index contributed by atoms with van der Waals surface area (Å²) in [6.07, 6.45) is 5.08. The lowest BCUT2D eigenvalue weighted by molar-refractivity contribution is -0.713. The third-order valence-corrected chi connectivity index (χ3v) is 3.70. The molecule has 0 spiro atoms. The normalized spacial score (nSPS) is 25.6. The average Bonchev–Trinajstić information content (AvgIpc) is 2.38. The molecule has 0 amide bonds. The Morgan fingerprint density at radius 2 is 1.88 bits per heavy atom. The van der Waals surface area contributed by atoms with Crippen molar-refractivity contribution in [1.82, 2.24) is 0 Å². The van der Waals surface area contributed by atoms with Gasteiger partial charge in [-0.3, -0.25) is 0 Å². The van der Waals surface area contributed by atoms with Crippen molar-refractivity contribution in [3.63, 3.8) is 0 Å². The van der Waals surface area contributed by atoms with Gasteiger partial charge in [0.15, 0.2) is 0 Å². The summed E-state index contributed by atoms with van der Waals surface area (Å²) in [5, 5.41) is 11.8. The Bertz CT molecular complexity index is 299. The van der Waals surface area contributed by atoms with E-state index in [2.05, 4.69) is 35.6 Å². The lowest BCUT2D eigenvalue weighted by Crippen LogP contribution is -2.90. The van der Waals surface area contributed by atoms with Gasteiger partial charge in [-0.25, -0.2) is 0 Å². The first-order chi connectivity index (χ1) is 7.90. The molecular weight excluding hydrogens is 198 g/mol. The highest BCUT2D eigenvalue weighted by Crippen LogP contribution is 2.21. The molecule has 1 fully saturated rings. The first-order valence-corrected chi connectivity index (χ1v) is 6.38. The number of aliphatic hydroxyl groups is 1. The second-order valence-corrected chi connectivity index (χ2v) is 4.82. The molecule has 1 aliphatic rings. The van der Waals surface area contributed by atoms with Crippen LogP contribution in [0.5, 0.6) is 0 Å². The Balaban J connectivity index is 1.84. The Kier molecular flexibility index (Phi) is 4.37. The average molecular weight is 220 g/mol. The number of hydrogen-bond acceptors (Lipinski definition) is 1. The zero-order valence-corrected chi connectivity index (χ0v) is 9.81.